The molecule has 90 valence electrons. The summed E-state index contributed by atoms with van der Waals surface area (Å²) in [5, 5.41) is 1.16. The van der Waals surface area contributed by atoms with Crippen molar-refractivity contribution in [2.45, 2.75) is 25.2 Å². The minimum Gasteiger partial charge on any atom is -0.348 e. The fraction of sp³-hybridized carbons (Fsp3) is 0.429. The highest BCUT2D eigenvalue weighted by molar-refractivity contribution is 5.87. The molecule has 0 saturated heterocycles. The third kappa shape index (κ3) is 1.35. The van der Waals surface area contributed by atoms with Gasteiger partial charge in [-0.1, -0.05) is 0 Å². The number of aromatic nitrogens is 1. The van der Waals surface area contributed by atoms with Gasteiger partial charge in [-0.3, -0.25) is 0 Å². The standard InChI is InChI=1S/C14H17FN2/c1-9-13(14(8-16)5-6-14)11-4-3-10(15)7-12(11)17(9)2/h3-4,7H,5-6,8,16H2,1-2H3. The van der Waals surface area contributed by atoms with Crippen LogP contribution in [0.5, 0.6) is 0 Å². The molecule has 0 unspecified atom stereocenters. The Hall–Kier alpha value is -1.35. The van der Waals surface area contributed by atoms with Crippen molar-refractivity contribution in [1.82, 2.24) is 4.57 Å². The molecule has 0 aliphatic heterocycles. The molecule has 1 heterocycles. The number of hydrogen-bond acceptors (Lipinski definition) is 1. The third-order valence-electron chi connectivity index (χ3n) is 4.23. The number of hydrogen-bond donors (Lipinski definition) is 1. The summed E-state index contributed by atoms with van der Waals surface area (Å²) in [5.74, 6) is -0.178. The van der Waals surface area contributed by atoms with Crippen LogP contribution in [-0.4, -0.2) is 11.1 Å². The van der Waals surface area contributed by atoms with Gasteiger partial charge in [0.05, 0.1) is 5.52 Å². The number of aryl methyl sites for hydroxylation is 1. The van der Waals surface area contributed by atoms with Gasteiger partial charge < -0.3 is 10.3 Å². The molecule has 1 aromatic heterocycles. The summed E-state index contributed by atoms with van der Waals surface area (Å²) in [4.78, 5) is 0. The second kappa shape index (κ2) is 3.33. The average molecular weight is 232 g/mol. The average Bonchev–Trinajstić information content (AvgIpc) is 3.06. The summed E-state index contributed by atoms with van der Waals surface area (Å²) >= 11 is 0. The second-order valence-electron chi connectivity index (χ2n) is 5.17. The molecule has 0 radical (unpaired) electrons. The van der Waals surface area contributed by atoms with Crippen molar-refractivity contribution < 1.29 is 4.39 Å². The van der Waals surface area contributed by atoms with Gasteiger partial charge in [-0.15, -0.1) is 0 Å². The molecule has 2 N–H and O–H groups in total. The van der Waals surface area contributed by atoms with E-state index in [4.69, 9.17) is 5.73 Å². The minimum atomic E-state index is -0.178. The Bertz CT molecular complexity index is 594. The zero-order chi connectivity index (χ0) is 12.2. The van der Waals surface area contributed by atoms with Crippen LogP contribution in [0.3, 0.4) is 0 Å². The van der Waals surface area contributed by atoms with E-state index in [1.54, 1.807) is 6.07 Å². The van der Waals surface area contributed by atoms with Crippen LogP contribution in [0.4, 0.5) is 4.39 Å². The second-order valence-corrected chi connectivity index (χ2v) is 5.17. The Labute approximate surface area is 100 Å². The number of halogens is 1. The predicted octanol–water partition coefficient (Wildman–Crippen LogP) is 2.62. The van der Waals surface area contributed by atoms with Crippen molar-refractivity contribution in [1.29, 1.82) is 0 Å². The molecule has 0 bridgehead atoms. The molecule has 1 saturated carbocycles. The maximum Gasteiger partial charge on any atom is 0.125 e. The molecule has 0 spiro atoms. The quantitative estimate of drug-likeness (QED) is 0.847. The van der Waals surface area contributed by atoms with E-state index in [2.05, 4.69) is 11.5 Å². The molecular weight excluding hydrogens is 215 g/mol. The van der Waals surface area contributed by atoms with Crippen LogP contribution in [0.15, 0.2) is 18.2 Å². The number of nitrogens with zero attached hydrogens (tertiary/aromatic N) is 1. The van der Waals surface area contributed by atoms with Gasteiger partial charge in [0.15, 0.2) is 0 Å². The van der Waals surface area contributed by atoms with Crippen molar-refractivity contribution in [2.24, 2.45) is 12.8 Å². The lowest BCUT2D eigenvalue weighted by Gasteiger charge is -2.13. The van der Waals surface area contributed by atoms with Crippen LogP contribution < -0.4 is 5.73 Å². The van der Waals surface area contributed by atoms with Gasteiger partial charge in [0.2, 0.25) is 0 Å². The van der Waals surface area contributed by atoms with E-state index < -0.39 is 0 Å². The highest BCUT2D eigenvalue weighted by Gasteiger charge is 2.45. The van der Waals surface area contributed by atoms with Crippen molar-refractivity contribution >= 4 is 10.9 Å². The minimum absolute atomic E-state index is 0.154. The monoisotopic (exact) mass is 232 g/mol. The van der Waals surface area contributed by atoms with Crippen molar-refractivity contribution in [3.8, 4) is 0 Å². The van der Waals surface area contributed by atoms with Crippen molar-refractivity contribution in [3.63, 3.8) is 0 Å². The Morgan fingerprint density at radius 2 is 2.12 bits per heavy atom. The molecule has 0 atom stereocenters. The number of nitrogens with two attached hydrogens (primary N) is 1. The summed E-state index contributed by atoms with van der Waals surface area (Å²) in [6, 6.07) is 5.04. The van der Waals surface area contributed by atoms with Crippen LogP contribution in [0.2, 0.25) is 0 Å². The molecule has 1 aliphatic rings. The molecule has 1 aromatic carbocycles. The molecule has 17 heavy (non-hydrogen) atoms. The fourth-order valence-electron chi connectivity index (χ4n) is 2.91. The van der Waals surface area contributed by atoms with E-state index in [1.165, 1.54) is 17.3 Å². The lowest BCUT2D eigenvalue weighted by Crippen LogP contribution is -2.20. The fourth-order valence-corrected chi connectivity index (χ4v) is 2.91. The van der Waals surface area contributed by atoms with E-state index >= 15 is 0 Å². The summed E-state index contributed by atoms with van der Waals surface area (Å²) < 4.78 is 15.4. The largest absolute Gasteiger partial charge is 0.348 e. The lowest BCUT2D eigenvalue weighted by atomic mass is 9.93. The van der Waals surface area contributed by atoms with Crippen molar-refractivity contribution in [3.05, 3.63) is 35.3 Å². The van der Waals surface area contributed by atoms with Crippen molar-refractivity contribution in [2.75, 3.05) is 6.54 Å². The summed E-state index contributed by atoms with van der Waals surface area (Å²) in [6.07, 6.45) is 2.31. The molecule has 2 nitrogen and oxygen atoms in total. The maximum absolute atomic E-state index is 13.3. The number of rotatable bonds is 2. The summed E-state index contributed by atoms with van der Waals surface area (Å²) in [7, 11) is 1.99. The number of benzene rings is 1. The summed E-state index contributed by atoms with van der Waals surface area (Å²) in [6.45, 7) is 2.79. The Morgan fingerprint density at radius 3 is 2.71 bits per heavy atom. The van der Waals surface area contributed by atoms with Crippen LogP contribution in [0.25, 0.3) is 10.9 Å². The highest BCUT2D eigenvalue weighted by atomic mass is 19.1. The Balaban J connectivity index is 2.35. The molecular formula is C14H17FN2. The zero-order valence-electron chi connectivity index (χ0n) is 10.3. The first-order valence-electron chi connectivity index (χ1n) is 6.04. The molecule has 1 aliphatic carbocycles. The third-order valence-corrected chi connectivity index (χ3v) is 4.23. The van der Waals surface area contributed by atoms with Crippen LogP contribution >= 0.6 is 0 Å². The van der Waals surface area contributed by atoms with E-state index in [-0.39, 0.29) is 11.2 Å². The van der Waals surface area contributed by atoms with E-state index in [9.17, 15) is 4.39 Å². The predicted molar refractivity (Wildman–Crippen MR) is 67.6 cm³/mol. The molecule has 1 fully saturated rings. The Kier molecular flexibility index (Phi) is 2.11. The van der Waals surface area contributed by atoms with Gasteiger partial charge in [0.1, 0.15) is 5.82 Å². The highest BCUT2D eigenvalue weighted by Crippen LogP contribution is 2.51. The zero-order valence-corrected chi connectivity index (χ0v) is 10.3. The maximum atomic E-state index is 13.3. The van der Waals surface area contributed by atoms with E-state index in [0.717, 1.165) is 23.7 Å². The summed E-state index contributed by atoms with van der Waals surface area (Å²) in [5.41, 5.74) is 9.59. The first-order chi connectivity index (χ1) is 8.09. The molecule has 3 heteroatoms. The molecule has 2 aromatic rings. The van der Waals surface area contributed by atoms with Gasteiger partial charge >= 0.3 is 0 Å². The van der Waals surface area contributed by atoms with Crippen LogP contribution in [0, 0.1) is 12.7 Å². The van der Waals surface area contributed by atoms with Gasteiger partial charge in [-0.25, -0.2) is 4.39 Å². The first kappa shape index (κ1) is 10.8. The van der Waals surface area contributed by atoms with Gasteiger partial charge in [0.25, 0.3) is 0 Å². The normalized spacial score (nSPS) is 17.6. The lowest BCUT2D eigenvalue weighted by molar-refractivity contribution is 0.629. The van der Waals surface area contributed by atoms with Crippen LogP contribution in [-0.2, 0) is 12.5 Å². The first-order valence-corrected chi connectivity index (χ1v) is 6.04. The van der Waals surface area contributed by atoms with Gasteiger partial charge in [0, 0.05) is 30.1 Å². The van der Waals surface area contributed by atoms with Gasteiger partial charge in [-0.05, 0) is 43.5 Å². The molecule has 0 amide bonds. The SMILES string of the molecule is Cc1c(C2(CN)CC2)c2ccc(F)cc2n1C. The van der Waals surface area contributed by atoms with Crippen LogP contribution in [0.1, 0.15) is 24.1 Å². The van der Waals surface area contributed by atoms with Gasteiger partial charge in [-0.2, -0.15) is 0 Å². The topological polar surface area (TPSA) is 30.9 Å². The Morgan fingerprint density at radius 1 is 1.41 bits per heavy atom. The van der Waals surface area contributed by atoms with E-state index in [0.29, 0.717) is 6.54 Å². The smallest absolute Gasteiger partial charge is 0.125 e. The van der Waals surface area contributed by atoms with E-state index in [1.807, 2.05) is 13.1 Å². The number of fused-ring (bicyclic) bond motifs is 1. The molecule has 3 rings (SSSR count).